The van der Waals surface area contributed by atoms with E-state index < -0.39 is 0 Å². The van der Waals surface area contributed by atoms with Crippen molar-refractivity contribution < 1.29 is 4.74 Å². The molecule has 1 aliphatic carbocycles. The van der Waals surface area contributed by atoms with Crippen LogP contribution in [0.25, 0.3) is 43.6 Å². The Bertz CT molecular complexity index is 1590. The Morgan fingerprint density at radius 3 is 2.50 bits per heavy atom. The fraction of sp³-hybridized carbons (Fsp3) is 0.281. The van der Waals surface area contributed by atoms with Crippen molar-refractivity contribution >= 4 is 32.3 Å². The molecule has 2 heterocycles. The van der Waals surface area contributed by atoms with Crippen molar-refractivity contribution in [3.8, 4) is 22.8 Å². The van der Waals surface area contributed by atoms with Crippen LogP contribution in [0.1, 0.15) is 68.9 Å². The van der Waals surface area contributed by atoms with E-state index in [2.05, 4.69) is 74.5 Å². The van der Waals surface area contributed by atoms with Crippen LogP contribution in [0.2, 0.25) is 0 Å². The summed E-state index contributed by atoms with van der Waals surface area (Å²) in [5.41, 5.74) is 4.96. The minimum absolute atomic E-state index is 0.346. The average molecular weight is 444 g/mol. The lowest BCUT2D eigenvalue weighted by molar-refractivity contribution is 0.445. The van der Waals surface area contributed by atoms with Gasteiger partial charge >= 0.3 is 0 Å². The molecule has 1 saturated carbocycles. The van der Waals surface area contributed by atoms with Gasteiger partial charge in [0.05, 0.1) is 11.1 Å². The van der Waals surface area contributed by atoms with Crippen molar-refractivity contribution in [1.29, 1.82) is 0 Å². The van der Waals surface area contributed by atoms with Crippen LogP contribution in [0.5, 0.6) is 11.5 Å². The zero-order chi connectivity index (χ0) is 22.8. The lowest BCUT2D eigenvalue weighted by Crippen LogP contribution is -2.07. The number of ether oxygens (including phenoxy) is 1. The monoisotopic (exact) mass is 443 g/mol. The fourth-order valence-corrected chi connectivity index (χ4v) is 6.52. The highest BCUT2D eigenvalue weighted by atomic mass is 16.5. The van der Waals surface area contributed by atoms with Gasteiger partial charge in [-0.2, -0.15) is 0 Å². The third kappa shape index (κ3) is 2.84. The zero-order valence-corrected chi connectivity index (χ0v) is 19.9. The van der Waals surface area contributed by atoms with E-state index in [0.717, 1.165) is 28.1 Å². The number of hydrogen-bond acceptors (Lipinski definition) is 2. The highest BCUT2D eigenvalue weighted by molar-refractivity contribution is 6.17. The van der Waals surface area contributed by atoms with Crippen LogP contribution in [-0.4, -0.2) is 4.98 Å². The number of aromatic nitrogens is 1. The van der Waals surface area contributed by atoms with Crippen molar-refractivity contribution in [3.05, 3.63) is 78.0 Å². The second kappa shape index (κ2) is 7.56. The molecule has 2 heteroatoms. The van der Waals surface area contributed by atoms with Crippen LogP contribution in [0, 0.1) is 0 Å². The van der Waals surface area contributed by atoms with Crippen molar-refractivity contribution in [1.82, 2.24) is 4.98 Å². The Morgan fingerprint density at radius 1 is 0.824 bits per heavy atom. The summed E-state index contributed by atoms with van der Waals surface area (Å²) < 4.78 is 6.80. The summed E-state index contributed by atoms with van der Waals surface area (Å²) in [6.45, 7) is 4.51. The van der Waals surface area contributed by atoms with Crippen LogP contribution in [0.3, 0.4) is 0 Å². The third-order valence-electron chi connectivity index (χ3n) is 8.01. The molecule has 1 fully saturated rings. The number of nitrogens with zero attached hydrogens (tertiary/aromatic N) is 1. The molecule has 0 amide bonds. The summed E-state index contributed by atoms with van der Waals surface area (Å²) in [7, 11) is 0. The quantitative estimate of drug-likeness (QED) is 0.249. The molecule has 5 aromatic rings. The maximum absolute atomic E-state index is 6.80. The van der Waals surface area contributed by atoms with Crippen molar-refractivity contribution in [2.45, 2.75) is 57.8 Å². The standard InChI is InChI=1S/C32H29NO/c1-19(2)28-24-13-7-6-11-21(24)17-26-31-30-25(15-16-33-31)29-22(18-27(30)34-32(26)28)12-8-14-23(29)20-9-4-3-5-10-20/h6-8,11-20H,3-5,9-10H2,1-2H3. The molecular weight excluding hydrogens is 414 g/mol. The number of benzene rings is 4. The SMILES string of the molecule is CC(C)c1c2c(cc3ccccc13)-c1nccc3c1c(cc1cccc(C4CCCCC4)c13)O2. The Balaban J connectivity index is 1.57. The molecule has 0 radical (unpaired) electrons. The molecular formula is C32H29NO. The van der Waals surface area contributed by atoms with E-state index in [1.807, 2.05) is 6.20 Å². The van der Waals surface area contributed by atoms with Gasteiger partial charge in [-0.05, 0) is 75.4 Å². The summed E-state index contributed by atoms with van der Waals surface area (Å²) in [4.78, 5) is 4.96. The first-order valence-electron chi connectivity index (χ1n) is 12.8. The van der Waals surface area contributed by atoms with Crippen LogP contribution < -0.4 is 4.74 Å². The molecule has 0 N–H and O–H groups in total. The summed E-state index contributed by atoms with van der Waals surface area (Å²) in [6.07, 6.45) is 8.64. The number of rotatable bonds is 2. The minimum Gasteiger partial charge on any atom is -0.456 e. The van der Waals surface area contributed by atoms with Gasteiger partial charge in [0.25, 0.3) is 0 Å². The first-order valence-corrected chi connectivity index (χ1v) is 12.8. The Kier molecular flexibility index (Phi) is 4.45. The lowest BCUT2D eigenvalue weighted by Gasteiger charge is -2.28. The average Bonchev–Trinajstić information content (AvgIpc) is 2.87. The smallest absolute Gasteiger partial charge is 0.140 e. The highest BCUT2D eigenvalue weighted by Crippen LogP contribution is 2.52. The van der Waals surface area contributed by atoms with E-state index in [9.17, 15) is 0 Å². The van der Waals surface area contributed by atoms with Gasteiger partial charge in [-0.15, -0.1) is 0 Å². The largest absolute Gasteiger partial charge is 0.456 e. The van der Waals surface area contributed by atoms with Crippen molar-refractivity contribution in [2.75, 3.05) is 0 Å². The molecule has 0 bridgehead atoms. The van der Waals surface area contributed by atoms with E-state index >= 15 is 0 Å². The predicted octanol–water partition coefficient (Wildman–Crippen LogP) is 9.48. The number of pyridine rings is 1. The topological polar surface area (TPSA) is 22.1 Å². The summed E-state index contributed by atoms with van der Waals surface area (Å²) in [5.74, 6) is 2.91. The molecule has 0 unspecified atom stereocenters. The van der Waals surface area contributed by atoms with Crippen LogP contribution in [0.15, 0.2) is 66.9 Å². The van der Waals surface area contributed by atoms with Crippen LogP contribution in [0.4, 0.5) is 0 Å². The van der Waals surface area contributed by atoms with Gasteiger partial charge in [0, 0.05) is 17.3 Å². The third-order valence-corrected chi connectivity index (χ3v) is 8.01. The molecule has 2 aliphatic rings. The van der Waals surface area contributed by atoms with Gasteiger partial charge in [0.1, 0.15) is 11.5 Å². The lowest BCUT2D eigenvalue weighted by atomic mass is 9.80. The van der Waals surface area contributed by atoms with Crippen LogP contribution in [-0.2, 0) is 0 Å². The molecule has 1 aromatic heterocycles. The molecule has 2 nitrogen and oxygen atoms in total. The van der Waals surface area contributed by atoms with Crippen molar-refractivity contribution in [2.24, 2.45) is 0 Å². The molecule has 1 aliphatic heterocycles. The Hall–Kier alpha value is -3.39. The van der Waals surface area contributed by atoms with E-state index in [1.165, 1.54) is 70.2 Å². The molecule has 34 heavy (non-hydrogen) atoms. The second-order valence-corrected chi connectivity index (χ2v) is 10.4. The van der Waals surface area contributed by atoms with E-state index in [4.69, 9.17) is 9.72 Å². The maximum atomic E-state index is 6.80. The van der Waals surface area contributed by atoms with Gasteiger partial charge in [-0.1, -0.05) is 75.6 Å². The normalized spacial score (nSPS) is 15.7. The van der Waals surface area contributed by atoms with Gasteiger partial charge in [-0.3, -0.25) is 4.98 Å². The van der Waals surface area contributed by atoms with E-state index in [0.29, 0.717) is 11.8 Å². The number of hydrogen-bond donors (Lipinski definition) is 0. The van der Waals surface area contributed by atoms with E-state index in [1.54, 1.807) is 0 Å². The molecule has 0 saturated heterocycles. The molecule has 7 rings (SSSR count). The van der Waals surface area contributed by atoms with Crippen molar-refractivity contribution in [3.63, 3.8) is 0 Å². The molecule has 168 valence electrons. The first kappa shape index (κ1) is 20.0. The zero-order valence-electron chi connectivity index (χ0n) is 19.9. The molecule has 0 spiro atoms. The molecule has 4 aromatic carbocycles. The Morgan fingerprint density at radius 2 is 1.65 bits per heavy atom. The second-order valence-electron chi connectivity index (χ2n) is 10.4. The fourth-order valence-electron chi connectivity index (χ4n) is 6.52. The van der Waals surface area contributed by atoms with Crippen LogP contribution >= 0.6 is 0 Å². The van der Waals surface area contributed by atoms with Gasteiger partial charge in [-0.25, -0.2) is 0 Å². The van der Waals surface area contributed by atoms with Gasteiger partial charge in [0.15, 0.2) is 0 Å². The van der Waals surface area contributed by atoms with Gasteiger partial charge < -0.3 is 4.74 Å². The summed E-state index contributed by atoms with van der Waals surface area (Å²) >= 11 is 0. The van der Waals surface area contributed by atoms with E-state index in [-0.39, 0.29) is 0 Å². The van der Waals surface area contributed by atoms with Gasteiger partial charge in [0.2, 0.25) is 0 Å². The Labute approximate surface area is 200 Å². The summed E-state index contributed by atoms with van der Waals surface area (Å²) in [5, 5.41) is 7.64. The maximum Gasteiger partial charge on any atom is 0.140 e. The summed E-state index contributed by atoms with van der Waals surface area (Å²) in [6, 6.07) is 22.3. The molecule has 0 atom stereocenters. The highest BCUT2D eigenvalue weighted by Gasteiger charge is 2.28. The number of fused-ring (bicyclic) bond motifs is 5. The first-order chi connectivity index (χ1) is 16.7. The minimum atomic E-state index is 0.346. The predicted molar refractivity (Wildman–Crippen MR) is 142 cm³/mol.